The first-order valence-electron chi connectivity index (χ1n) is 6.01. The van der Waals surface area contributed by atoms with E-state index in [0.29, 0.717) is 6.42 Å². The lowest BCUT2D eigenvalue weighted by Gasteiger charge is -2.13. The minimum atomic E-state index is -3.19. The second kappa shape index (κ2) is 6.20. The summed E-state index contributed by atoms with van der Waals surface area (Å²) in [7, 11) is -1.59. The number of nitrogens with one attached hydrogen (secondary N) is 1. The van der Waals surface area contributed by atoms with Gasteiger partial charge in [0, 0.05) is 12.1 Å². The normalized spacial score (nSPS) is 11.6. The van der Waals surface area contributed by atoms with Crippen molar-refractivity contribution in [1.82, 2.24) is 4.72 Å². The molecule has 0 saturated heterocycles. The zero-order valence-electron chi connectivity index (χ0n) is 11.4. The highest BCUT2D eigenvalue weighted by molar-refractivity contribution is 7.89. The van der Waals surface area contributed by atoms with Crippen molar-refractivity contribution < 1.29 is 13.2 Å². The Morgan fingerprint density at radius 2 is 1.94 bits per heavy atom. The Balaban J connectivity index is 2.91. The van der Waals surface area contributed by atoms with Crippen molar-refractivity contribution >= 4 is 10.0 Å². The molecule has 0 fully saturated rings. The molecule has 4 nitrogen and oxygen atoms in total. The van der Waals surface area contributed by atoms with Crippen LogP contribution in [0.4, 0.5) is 0 Å². The Kier molecular flexibility index (Phi) is 5.16. The highest BCUT2D eigenvalue weighted by Gasteiger charge is 2.12. The molecular weight excluding hydrogens is 250 g/mol. The van der Waals surface area contributed by atoms with Crippen LogP contribution in [0.2, 0.25) is 0 Å². The van der Waals surface area contributed by atoms with Gasteiger partial charge < -0.3 is 4.74 Å². The molecular formula is C13H21NO3S. The molecule has 0 aromatic heterocycles. The lowest BCUT2D eigenvalue weighted by Crippen LogP contribution is -2.26. The molecule has 0 aliphatic carbocycles. The Hall–Kier alpha value is -1.07. The van der Waals surface area contributed by atoms with Crippen LogP contribution < -0.4 is 9.46 Å². The summed E-state index contributed by atoms with van der Waals surface area (Å²) in [6, 6.07) is 3.93. The smallest absolute Gasteiger partial charge is 0.211 e. The summed E-state index contributed by atoms with van der Waals surface area (Å²) in [5, 5.41) is 0. The molecule has 102 valence electrons. The van der Waals surface area contributed by atoms with E-state index in [-0.39, 0.29) is 12.3 Å². The van der Waals surface area contributed by atoms with Crippen molar-refractivity contribution in [2.45, 2.75) is 33.7 Å². The number of rotatable bonds is 6. The van der Waals surface area contributed by atoms with E-state index in [9.17, 15) is 8.42 Å². The monoisotopic (exact) mass is 271 g/mol. The van der Waals surface area contributed by atoms with Gasteiger partial charge in [0.2, 0.25) is 10.0 Å². The fraction of sp³-hybridized carbons (Fsp3) is 0.538. The van der Waals surface area contributed by atoms with E-state index in [1.165, 1.54) is 0 Å². The highest BCUT2D eigenvalue weighted by atomic mass is 32.2. The molecule has 1 N–H and O–H groups in total. The Labute approximate surface area is 109 Å². The maximum absolute atomic E-state index is 11.6. The van der Waals surface area contributed by atoms with E-state index in [1.807, 2.05) is 32.9 Å². The van der Waals surface area contributed by atoms with Gasteiger partial charge in [0.25, 0.3) is 0 Å². The Morgan fingerprint density at radius 3 is 2.50 bits per heavy atom. The van der Waals surface area contributed by atoms with E-state index in [2.05, 4.69) is 4.72 Å². The van der Waals surface area contributed by atoms with Gasteiger partial charge in [0.05, 0.1) is 12.9 Å². The second-order valence-electron chi connectivity index (χ2n) is 4.40. The molecule has 0 atom stereocenters. The predicted octanol–water partition coefficient (Wildman–Crippen LogP) is 2.14. The molecule has 1 aromatic rings. The van der Waals surface area contributed by atoms with Gasteiger partial charge in [-0.3, -0.25) is 0 Å². The first kappa shape index (κ1) is 15.0. The average molecular weight is 271 g/mol. The fourth-order valence-electron chi connectivity index (χ4n) is 1.89. The third kappa shape index (κ3) is 3.99. The van der Waals surface area contributed by atoms with Crippen LogP contribution in [0.5, 0.6) is 5.75 Å². The SMILES string of the molecule is CCCS(=O)(=O)NCc1c(C)cc(C)cc1OC. The predicted molar refractivity (Wildman–Crippen MR) is 73.4 cm³/mol. The van der Waals surface area contributed by atoms with Gasteiger partial charge in [0.1, 0.15) is 5.75 Å². The lowest BCUT2D eigenvalue weighted by molar-refractivity contribution is 0.408. The number of methoxy groups -OCH3 is 1. The molecule has 0 aliphatic heterocycles. The molecule has 0 bridgehead atoms. The van der Waals surface area contributed by atoms with Crippen molar-refractivity contribution in [1.29, 1.82) is 0 Å². The standard InChI is InChI=1S/C13H21NO3S/c1-5-6-18(15,16)14-9-12-11(3)7-10(2)8-13(12)17-4/h7-8,14H,5-6,9H2,1-4H3. The zero-order chi connectivity index (χ0) is 13.8. The van der Waals surface area contributed by atoms with Crippen LogP contribution in [0.1, 0.15) is 30.0 Å². The number of hydrogen-bond acceptors (Lipinski definition) is 3. The molecule has 18 heavy (non-hydrogen) atoms. The first-order valence-corrected chi connectivity index (χ1v) is 7.66. The molecule has 0 unspecified atom stereocenters. The summed E-state index contributed by atoms with van der Waals surface area (Å²) in [5.74, 6) is 0.881. The molecule has 1 rings (SSSR count). The minimum absolute atomic E-state index is 0.153. The molecule has 0 aliphatic rings. The van der Waals surface area contributed by atoms with Crippen molar-refractivity contribution in [3.8, 4) is 5.75 Å². The molecule has 0 spiro atoms. The molecule has 0 radical (unpaired) electrons. The number of ether oxygens (including phenoxy) is 1. The van der Waals surface area contributed by atoms with Crippen LogP contribution in [-0.4, -0.2) is 21.3 Å². The number of aryl methyl sites for hydroxylation is 2. The quantitative estimate of drug-likeness (QED) is 0.862. The van der Waals surface area contributed by atoms with E-state index in [1.54, 1.807) is 7.11 Å². The van der Waals surface area contributed by atoms with Crippen molar-refractivity contribution in [2.24, 2.45) is 0 Å². The van der Waals surface area contributed by atoms with Crippen molar-refractivity contribution in [3.63, 3.8) is 0 Å². The van der Waals surface area contributed by atoms with Gasteiger partial charge in [0.15, 0.2) is 0 Å². The fourth-order valence-corrected chi connectivity index (χ4v) is 2.94. The van der Waals surface area contributed by atoms with E-state index < -0.39 is 10.0 Å². The summed E-state index contributed by atoms with van der Waals surface area (Å²) in [6.45, 7) is 6.06. The maximum atomic E-state index is 11.6. The minimum Gasteiger partial charge on any atom is -0.496 e. The number of sulfonamides is 1. The number of hydrogen-bond donors (Lipinski definition) is 1. The first-order chi connectivity index (χ1) is 8.39. The van der Waals surface area contributed by atoms with Crippen molar-refractivity contribution in [3.05, 3.63) is 28.8 Å². The van der Waals surface area contributed by atoms with Gasteiger partial charge in [-0.1, -0.05) is 13.0 Å². The average Bonchev–Trinajstić information content (AvgIpc) is 2.26. The van der Waals surface area contributed by atoms with Crippen LogP contribution in [-0.2, 0) is 16.6 Å². The van der Waals surface area contributed by atoms with Crippen LogP contribution in [0.3, 0.4) is 0 Å². The molecule has 1 aromatic carbocycles. The Morgan fingerprint density at radius 1 is 1.28 bits per heavy atom. The lowest BCUT2D eigenvalue weighted by atomic mass is 10.0. The van der Waals surface area contributed by atoms with Crippen LogP contribution >= 0.6 is 0 Å². The van der Waals surface area contributed by atoms with E-state index in [0.717, 1.165) is 22.4 Å². The maximum Gasteiger partial charge on any atom is 0.211 e. The van der Waals surface area contributed by atoms with Gasteiger partial charge >= 0.3 is 0 Å². The van der Waals surface area contributed by atoms with Crippen molar-refractivity contribution in [2.75, 3.05) is 12.9 Å². The summed E-state index contributed by atoms with van der Waals surface area (Å²) >= 11 is 0. The van der Waals surface area contributed by atoms with Gasteiger partial charge in [-0.25, -0.2) is 13.1 Å². The molecule has 0 saturated carbocycles. The van der Waals surface area contributed by atoms with Gasteiger partial charge in [-0.05, 0) is 37.5 Å². The topological polar surface area (TPSA) is 55.4 Å². The largest absolute Gasteiger partial charge is 0.496 e. The number of benzene rings is 1. The second-order valence-corrected chi connectivity index (χ2v) is 6.33. The van der Waals surface area contributed by atoms with E-state index >= 15 is 0 Å². The van der Waals surface area contributed by atoms with Crippen LogP contribution in [0.25, 0.3) is 0 Å². The molecule has 0 heterocycles. The van der Waals surface area contributed by atoms with Crippen LogP contribution in [0, 0.1) is 13.8 Å². The zero-order valence-corrected chi connectivity index (χ0v) is 12.2. The van der Waals surface area contributed by atoms with Gasteiger partial charge in [-0.2, -0.15) is 0 Å². The summed E-state index contributed by atoms with van der Waals surface area (Å²) in [6.07, 6.45) is 0.610. The van der Waals surface area contributed by atoms with Gasteiger partial charge in [-0.15, -0.1) is 0 Å². The van der Waals surface area contributed by atoms with Crippen LogP contribution in [0.15, 0.2) is 12.1 Å². The molecule has 0 amide bonds. The third-order valence-electron chi connectivity index (χ3n) is 2.74. The summed E-state index contributed by atoms with van der Waals surface area (Å²) in [5.41, 5.74) is 3.03. The Bertz CT molecular complexity index is 509. The highest BCUT2D eigenvalue weighted by Crippen LogP contribution is 2.24. The third-order valence-corrected chi connectivity index (χ3v) is 4.27. The van der Waals surface area contributed by atoms with E-state index in [4.69, 9.17) is 4.74 Å². The summed E-state index contributed by atoms with van der Waals surface area (Å²) in [4.78, 5) is 0. The summed E-state index contributed by atoms with van der Waals surface area (Å²) < 4.78 is 31.2. The molecule has 5 heteroatoms.